The Hall–Kier alpha value is -3.71. The molecule has 46 heavy (non-hydrogen) atoms. The molecule has 0 saturated heterocycles. The first-order chi connectivity index (χ1) is 22.1. The van der Waals surface area contributed by atoms with Crippen LogP contribution in [-0.4, -0.2) is 74.6 Å². The van der Waals surface area contributed by atoms with E-state index in [1.54, 1.807) is 12.4 Å². The van der Waals surface area contributed by atoms with Crippen LogP contribution in [0.4, 0.5) is 0 Å². The molecular weight excluding hydrogens is 612 g/mol. The van der Waals surface area contributed by atoms with Crippen molar-refractivity contribution in [1.82, 2.24) is 15.6 Å². The molecule has 13 heteroatoms. The fourth-order valence-corrected chi connectivity index (χ4v) is 8.63. The van der Waals surface area contributed by atoms with Crippen molar-refractivity contribution in [3.05, 3.63) is 53.1 Å². The van der Waals surface area contributed by atoms with Crippen LogP contribution >= 0.6 is 11.8 Å². The summed E-state index contributed by atoms with van der Waals surface area (Å²) in [5.41, 5.74) is 8.95. The van der Waals surface area contributed by atoms with Crippen LogP contribution in [0.25, 0.3) is 0 Å². The van der Waals surface area contributed by atoms with Crippen molar-refractivity contribution in [2.75, 3.05) is 12.3 Å². The number of nitrogens with two attached hydrogens (primary N) is 1. The van der Waals surface area contributed by atoms with Crippen LogP contribution in [-0.2, 0) is 35.1 Å². The van der Waals surface area contributed by atoms with Gasteiger partial charge in [0.2, 0.25) is 11.8 Å². The van der Waals surface area contributed by atoms with Gasteiger partial charge in [-0.15, -0.1) is 11.8 Å². The SMILES string of the molecule is NC(CCC(=O)NC(CSC1CC2CCC(CC2)CC2CC(Cc3ccncc3)=CC3C(=O)OC1=C23)C(=O)NCC(=O)O)C(=O)O. The van der Waals surface area contributed by atoms with E-state index in [0.29, 0.717) is 17.6 Å². The van der Waals surface area contributed by atoms with Crippen molar-refractivity contribution >= 4 is 41.5 Å². The Kier molecular flexibility index (Phi) is 11.2. The maximum Gasteiger partial charge on any atom is 0.322 e. The van der Waals surface area contributed by atoms with Gasteiger partial charge in [0, 0.05) is 24.6 Å². The van der Waals surface area contributed by atoms with Crippen LogP contribution in [0.5, 0.6) is 0 Å². The van der Waals surface area contributed by atoms with Crippen LogP contribution in [0.3, 0.4) is 0 Å². The largest absolute Gasteiger partial charge is 0.480 e. The smallest absolute Gasteiger partial charge is 0.322 e. The Labute approximate surface area is 272 Å². The van der Waals surface area contributed by atoms with Gasteiger partial charge in [-0.3, -0.25) is 29.0 Å². The highest BCUT2D eigenvalue weighted by atomic mass is 32.2. The van der Waals surface area contributed by atoms with Crippen molar-refractivity contribution in [2.24, 2.45) is 29.4 Å². The third-order valence-electron chi connectivity index (χ3n) is 9.57. The van der Waals surface area contributed by atoms with Gasteiger partial charge in [0.1, 0.15) is 30.3 Å². The number of amides is 2. The van der Waals surface area contributed by atoms with Crippen molar-refractivity contribution < 1.29 is 38.9 Å². The minimum Gasteiger partial charge on any atom is -0.480 e. The number of hydrogen-bond donors (Lipinski definition) is 5. The topological polar surface area (TPSA) is 198 Å². The summed E-state index contributed by atoms with van der Waals surface area (Å²) in [6.45, 7) is -0.614. The number of aliphatic carboxylic acids is 2. The molecule has 6 rings (SSSR count). The summed E-state index contributed by atoms with van der Waals surface area (Å²) >= 11 is 1.43. The Morgan fingerprint density at radius 1 is 1.07 bits per heavy atom. The zero-order valence-corrected chi connectivity index (χ0v) is 26.5. The second-order valence-electron chi connectivity index (χ2n) is 12.9. The number of hydrogen-bond acceptors (Lipinski definition) is 9. The normalized spacial score (nSPS) is 26.7. The average molecular weight is 655 g/mol. The first-order valence-electron chi connectivity index (χ1n) is 16.0. The van der Waals surface area contributed by atoms with Gasteiger partial charge < -0.3 is 31.3 Å². The molecule has 2 heterocycles. The van der Waals surface area contributed by atoms with E-state index in [9.17, 15) is 24.0 Å². The highest BCUT2D eigenvalue weighted by Crippen LogP contribution is 2.51. The van der Waals surface area contributed by atoms with Crippen LogP contribution in [0.2, 0.25) is 0 Å². The molecule has 1 saturated carbocycles. The average Bonchev–Trinajstić information content (AvgIpc) is 3.37. The summed E-state index contributed by atoms with van der Waals surface area (Å²) in [6, 6.07) is 1.68. The van der Waals surface area contributed by atoms with Crippen molar-refractivity contribution in [3.63, 3.8) is 0 Å². The second-order valence-corrected chi connectivity index (χ2v) is 14.1. The Morgan fingerprint density at radius 2 is 1.76 bits per heavy atom. The van der Waals surface area contributed by atoms with Gasteiger partial charge in [-0.05, 0) is 73.1 Å². The third kappa shape index (κ3) is 8.55. The Bertz CT molecular complexity index is 1390. The first kappa shape index (κ1) is 33.6. The number of fused-ring (bicyclic) bond motifs is 3. The molecule has 4 aliphatic carbocycles. The fourth-order valence-electron chi connectivity index (χ4n) is 7.23. The monoisotopic (exact) mass is 654 g/mol. The fraction of sp³-hybridized carbons (Fsp3) is 0.576. The number of thioether (sulfide) groups is 1. The van der Waals surface area contributed by atoms with Gasteiger partial charge >= 0.3 is 17.9 Å². The van der Waals surface area contributed by atoms with Crippen molar-refractivity contribution in [1.29, 1.82) is 0 Å². The number of carbonyl (C=O) groups excluding carboxylic acids is 3. The first-order valence-corrected chi connectivity index (χ1v) is 17.0. The number of nitrogens with zero attached hydrogens (tertiary/aromatic N) is 1. The number of allylic oxidation sites excluding steroid dienone is 1. The van der Waals surface area contributed by atoms with E-state index in [2.05, 4.69) is 21.7 Å². The van der Waals surface area contributed by atoms with E-state index in [1.165, 1.54) is 17.3 Å². The maximum absolute atomic E-state index is 13.4. The quantitative estimate of drug-likeness (QED) is 0.155. The summed E-state index contributed by atoms with van der Waals surface area (Å²) in [5.74, 6) is -2.42. The summed E-state index contributed by atoms with van der Waals surface area (Å²) in [6.07, 6.45) is 13.1. The molecule has 0 aromatic carbocycles. The molecule has 2 bridgehead atoms. The maximum atomic E-state index is 13.4. The lowest BCUT2D eigenvalue weighted by Crippen LogP contribution is -2.49. The van der Waals surface area contributed by atoms with Gasteiger partial charge in [0.15, 0.2) is 0 Å². The van der Waals surface area contributed by atoms with Gasteiger partial charge in [-0.2, -0.15) is 0 Å². The minimum absolute atomic E-state index is 0.106. The molecule has 1 aromatic heterocycles. The van der Waals surface area contributed by atoms with Gasteiger partial charge in [-0.1, -0.05) is 37.3 Å². The molecule has 248 valence electrons. The number of nitrogens with one attached hydrogen (secondary N) is 2. The molecule has 12 nitrogen and oxygen atoms in total. The van der Waals surface area contributed by atoms with E-state index < -0.39 is 48.3 Å². The zero-order valence-electron chi connectivity index (χ0n) is 25.7. The molecule has 2 amide bonds. The molecule has 0 radical (unpaired) electrons. The van der Waals surface area contributed by atoms with Gasteiger partial charge in [0.05, 0.1) is 5.25 Å². The lowest BCUT2D eigenvalue weighted by Gasteiger charge is -2.37. The molecule has 5 aliphatic rings. The van der Waals surface area contributed by atoms with Crippen LogP contribution in [0.1, 0.15) is 63.4 Å². The summed E-state index contributed by atoms with van der Waals surface area (Å²) in [4.78, 5) is 65.5. The summed E-state index contributed by atoms with van der Waals surface area (Å²) in [7, 11) is 0. The van der Waals surface area contributed by atoms with Crippen LogP contribution < -0.4 is 16.4 Å². The van der Waals surface area contributed by atoms with E-state index >= 15 is 0 Å². The Balaban J connectivity index is 1.38. The molecule has 1 aliphatic heterocycles. The standard InChI is InChI=1S/C33H42N4O8S/c34-24(32(42)43)5-6-27(38)37-25(31(41)36-16-28(39)40)17-46-26-15-19-3-1-18(2-4-19)12-22-13-21(11-20-7-9-35-10-8-20)14-23-29(22)30(26)45-33(23)44/h7-10,14,18-19,22-26H,1-6,11-13,15-17,34H2,(H,36,41)(H,37,38)(H,39,40)(H,42,43). The highest BCUT2D eigenvalue weighted by Gasteiger charge is 2.46. The number of rotatable bonds is 13. The number of pyridine rings is 1. The molecule has 6 N–H and O–H groups in total. The summed E-state index contributed by atoms with van der Waals surface area (Å²) < 4.78 is 6.10. The molecule has 1 aromatic rings. The molecule has 5 unspecified atom stereocenters. The van der Waals surface area contributed by atoms with Crippen molar-refractivity contribution in [2.45, 2.75) is 81.5 Å². The van der Waals surface area contributed by atoms with Gasteiger partial charge in [0.25, 0.3) is 0 Å². The van der Waals surface area contributed by atoms with E-state index in [4.69, 9.17) is 20.7 Å². The lowest BCUT2D eigenvalue weighted by atomic mass is 9.68. The zero-order chi connectivity index (χ0) is 32.8. The van der Waals surface area contributed by atoms with Gasteiger partial charge in [-0.25, -0.2) is 0 Å². The van der Waals surface area contributed by atoms with Crippen LogP contribution in [0, 0.1) is 23.7 Å². The lowest BCUT2D eigenvalue weighted by molar-refractivity contribution is -0.140. The molecular formula is C33H42N4O8S. The summed E-state index contributed by atoms with van der Waals surface area (Å²) in [5, 5.41) is 22.9. The van der Waals surface area contributed by atoms with E-state index in [-0.39, 0.29) is 35.7 Å². The second kappa shape index (κ2) is 15.3. The number of esters is 1. The van der Waals surface area contributed by atoms with E-state index in [1.807, 2.05) is 12.1 Å². The van der Waals surface area contributed by atoms with E-state index in [0.717, 1.165) is 62.5 Å². The Morgan fingerprint density at radius 3 is 2.43 bits per heavy atom. The minimum atomic E-state index is -1.23. The number of carboxylic acid groups (broad SMARTS) is 2. The molecule has 0 spiro atoms. The number of aromatic nitrogens is 1. The predicted octanol–water partition coefficient (Wildman–Crippen LogP) is 2.58. The third-order valence-corrected chi connectivity index (χ3v) is 10.9. The number of carbonyl (C=O) groups is 5. The predicted molar refractivity (Wildman–Crippen MR) is 169 cm³/mol. The molecule has 5 atom stereocenters. The molecule has 1 fully saturated rings. The highest BCUT2D eigenvalue weighted by molar-refractivity contribution is 8.00. The van der Waals surface area contributed by atoms with Crippen LogP contribution in [0.15, 0.2) is 47.5 Å². The number of ether oxygens (including phenoxy) is 1. The number of carboxylic acids is 2. The van der Waals surface area contributed by atoms with Crippen molar-refractivity contribution in [3.8, 4) is 0 Å².